The zero-order valence-corrected chi connectivity index (χ0v) is 25.1. The van der Waals surface area contributed by atoms with Crippen LogP contribution in [0.3, 0.4) is 0 Å². The van der Waals surface area contributed by atoms with E-state index in [0.29, 0.717) is 29.9 Å². The highest BCUT2D eigenvalue weighted by Crippen LogP contribution is 2.43. The predicted molar refractivity (Wildman–Crippen MR) is 160 cm³/mol. The van der Waals surface area contributed by atoms with Gasteiger partial charge in [-0.1, -0.05) is 28.9 Å². The Morgan fingerprint density at radius 3 is 2.54 bits per heavy atom. The molecule has 1 aliphatic carbocycles. The Kier molecular flexibility index (Phi) is 10.2. The van der Waals surface area contributed by atoms with E-state index in [-0.39, 0.29) is 5.91 Å². The number of halogens is 4. The van der Waals surface area contributed by atoms with E-state index in [0.717, 1.165) is 53.7 Å². The maximum atomic E-state index is 12.4. The van der Waals surface area contributed by atoms with Gasteiger partial charge < -0.3 is 15.4 Å². The Bertz CT molecular complexity index is 1790. The van der Waals surface area contributed by atoms with Crippen molar-refractivity contribution >= 4 is 34.5 Å². The monoisotopic (exact) mass is 655 g/mol. The smallest absolute Gasteiger partial charge is 0.475 e. The predicted octanol–water partition coefficient (Wildman–Crippen LogP) is 5.05. The first-order valence-corrected chi connectivity index (χ1v) is 14.8. The Morgan fingerprint density at radius 1 is 1.07 bits per heavy atom. The third kappa shape index (κ3) is 8.84. The third-order valence-corrected chi connectivity index (χ3v) is 7.37. The first kappa shape index (κ1) is 32.5. The van der Waals surface area contributed by atoms with Crippen molar-refractivity contribution in [3.8, 4) is 0 Å². The molecule has 0 radical (unpaired) electrons. The van der Waals surface area contributed by atoms with Crippen molar-refractivity contribution in [2.24, 2.45) is 0 Å². The Hall–Kier alpha value is -4.92. The van der Waals surface area contributed by atoms with Crippen LogP contribution in [0, 0.1) is 0 Å². The number of fused-ring (bicyclic) bond motifs is 1. The van der Waals surface area contributed by atoms with E-state index >= 15 is 0 Å². The number of carbonyl (C=O) groups excluding carboxylic acids is 1. The Morgan fingerprint density at radius 2 is 1.87 bits per heavy atom. The van der Waals surface area contributed by atoms with Crippen LogP contribution in [0.2, 0.25) is 5.15 Å². The van der Waals surface area contributed by atoms with E-state index in [2.05, 4.69) is 46.8 Å². The summed E-state index contributed by atoms with van der Waals surface area (Å²) in [6.45, 7) is 1.01. The van der Waals surface area contributed by atoms with Crippen LogP contribution in [-0.2, 0) is 30.7 Å². The number of carboxylic acid groups (broad SMARTS) is 1. The number of aliphatic carboxylic acids is 1. The number of nitrogens with zero attached hydrogens (tertiary/aromatic N) is 7. The van der Waals surface area contributed by atoms with Gasteiger partial charge in [0.2, 0.25) is 0 Å². The second-order valence-electron chi connectivity index (χ2n) is 10.7. The van der Waals surface area contributed by atoms with E-state index in [4.69, 9.17) is 21.5 Å². The van der Waals surface area contributed by atoms with Crippen LogP contribution in [0.5, 0.6) is 0 Å². The molecule has 0 spiro atoms. The van der Waals surface area contributed by atoms with Gasteiger partial charge in [0.05, 0.1) is 24.1 Å². The number of rotatable bonds is 11. The second-order valence-corrected chi connectivity index (χ2v) is 11.1. The number of aromatic amines is 1. The minimum atomic E-state index is -5.08. The van der Waals surface area contributed by atoms with Crippen molar-refractivity contribution < 1.29 is 27.9 Å². The Labute approximate surface area is 265 Å². The van der Waals surface area contributed by atoms with Crippen molar-refractivity contribution in [2.45, 2.75) is 63.7 Å². The van der Waals surface area contributed by atoms with Crippen LogP contribution < -0.4 is 5.32 Å². The number of carboxylic acids is 1. The summed E-state index contributed by atoms with van der Waals surface area (Å²) >= 11 is 5.99. The molecule has 1 saturated carbocycles. The van der Waals surface area contributed by atoms with E-state index in [1.165, 1.54) is 24.1 Å². The summed E-state index contributed by atoms with van der Waals surface area (Å²) < 4.78 is 33.4. The molecule has 12 nitrogen and oxygen atoms in total. The van der Waals surface area contributed by atoms with E-state index in [9.17, 15) is 18.0 Å². The van der Waals surface area contributed by atoms with Gasteiger partial charge in [0.25, 0.3) is 5.91 Å². The molecule has 0 saturated heterocycles. The summed E-state index contributed by atoms with van der Waals surface area (Å²) in [5.74, 6) is -2.45. The standard InChI is InChI=1S/C28H28ClN9O.C2HF3O2/c29-25-10-7-18(15-31-25)13-22-23-14-20(34-36-27(23)33-26(22)19-8-9-19)5-2-4-12-38-17-24(35-37-38)28(39)32-16-21-6-1-3-11-30-21;3-2(4,5)1(6)7/h1,3,6-7,10-11,14-15,17,19H,2,4-5,8-9,12-13,16H2,(H,32,39)(H,33,36);(H,6,7). The molecular formula is C30H29ClF3N9O3. The largest absolute Gasteiger partial charge is 0.490 e. The summed E-state index contributed by atoms with van der Waals surface area (Å²) in [5.41, 5.74) is 6.57. The number of amides is 1. The van der Waals surface area contributed by atoms with Crippen LogP contribution in [0.15, 0.2) is 55.0 Å². The zero-order chi connectivity index (χ0) is 32.7. The van der Waals surface area contributed by atoms with E-state index in [1.807, 2.05) is 36.5 Å². The number of alkyl halides is 3. The summed E-state index contributed by atoms with van der Waals surface area (Å²) in [5, 5.41) is 28.7. The van der Waals surface area contributed by atoms with Crippen molar-refractivity contribution in [2.75, 3.05) is 0 Å². The highest BCUT2D eigenvalue weighted by molar-refractivity contribution is 6.29. The van der Waals surface area contributed by atoms with Gasteiger partial charge in [0.1, 0.15) is 5.15 Å². The van der Waals surface area contributed by atoms with Gasteiger partial charge in [-0.15, -0.1) is 10.2 Å². The van der Waals surface area contributed by atoms with Crippen molar-refractivity contribution in [1.29, 1.82) is 0 Å². The van der Waals surface area contributed by atoms with Crippen molar-refractivity contribution in [3.05, 3.63) is 94.0 Å². The molecule has 1 fully saturated rings. The lowest BCUT2D eigenvalue weighted by Crippen LogP contribution is -2.23. The molecule has 0 aliphatic heterocycles. The van der Waals surface area contributed by atoms with Gasteiger partial charge in [-0.3, -0.25) is 14.5 Å². The normalized spacial score (nSPS) is 12.9. The summed E-state index contributed by atoms with van der Waals surface area (Å²) in [4.78, 5) is 33.3. The Balaban J connectivity index is 0.000000537. The number of aryl methyl sites for hydroxylation is 2. The highest BCUT2D eigenvalue weighted by Gasteiger charge is 2.38. The van der Waals surface area contributed by atoms with Crippen LogP contribution in [0.25, 0.3) is 11.0 Å². The molecule has 1 aliphatic rings. The fourth-order valence-electron chi connectivity index (χ4n) is 4.71. The maximum absolute atomic E-state index is 12.4. The topological polar surface area (TPSA) is 164 Å². The number of nitrogens with one attached hydrogen (secondary N) is 2. The molecule has 46 heavy (non-hydrogen) atoms. The number of hydrogen-bond donors (Lipinski definition) is 3. The minimum Gasteiger partial charge on any atom is -0.475 e. The molecular weight excluding hydrogens is 627 g/mol. The van der Waals surface area contributed by atoms with Crippen molar-refractivity contribution in [3.63, 3.8) is 0 Å². The van der Waals surface area contributed by atoms with Crippen LogP contribution >= 0.6 is 11.6 Å². The molecule has 0 bridgehead atoms. The van der Waals surface area contributed by atoms with Gasteiger partial charge >= 0.3 is 12.1 Å². The third-order valence-electron chi connectivity index (χ3n) is 7.14. The molecule has 0 aromatic carbocycles. The summed E-state index contributed by atoms with van der Waals surface area (Å²) in [7, 11) is 0. The summed E-state index contributed by atoms with van der Waals surface area (Å²) in [6, 6.07) is 11.6. The molecule has 5 heterocycles. The van der Waals surface area contributed by atoms with Gasteiger partial charge in [0.15, 0.2) is 11.3 Å². The average Bonchev–Trinajstić information content (AvgIpc) is 3.67. The molecule has 5 aromatic rings. The lowest BCUT2D eigenvalue weighted by molar-refractivity contribution is -0.192. The molecule has 0 unspecified atom stereocenters. The number of aromatic nitrogens is 8. The molecule has 3 N–H and O–H groups in total. The molecule has 1 amide bonds. The number of hydrogen-bond acceptors (Lipinski definition) is 8. The minimum absolute atomic E-state index is 0.266. The van der Waals surface area contributed by atoms with E-state index in [1.54, 1.807) is 17.1 Å². The maximum Gasteiger partial charge on any atom is 0.490 e. The van der Waals surface area contributed by atoms with Gasteiger partial charge in [-0.25, -0.2) is 9.78 Å². The fourth-order valence-corrected chi connectivity index (χ4v) is 4.82. The van der Waals surface area contributed by atoms with Gasteiger partial charge in [-0.05, 0) is 73.4 Å². The van der Waals surface area contributed by atoms with Gasteiger partial charge in [0, 0.05) is 36.4 Å². The molecule has 240 valence electrons. The van der Waals surface area contributed by atoms with Crippen LogP contribution in [-0.4, -0.2) is 63.3 Å². The van der Waals surface area contributed by atoms with E-state index < -0.39 is 12.1 Å². The number of carbonyl (C=O) groups is 2. The zero-order valence-electron chi connectivity index (χ0n) is 24.3. The molecule has 5 aromatic heterocycles. The van der Waals surface area contributed by atoms with Gasteiger partial charge in [-0.2, -0.15) is 18.3 Å². The lowest BCUT2D eigenvalue weighted by Gasteiger charge is -2.05. The number of H-pyrrole nitrogens is 1. The molecule has 0 atom stereocenters. The summed E-state index contributed by atoms with van der Waals surface area (Å²) in [6.07, 6.45) is 5.92. The van der Waals surface area contributed by atoms with Crippen LogP contribution in [0.1, 0.15) is 70.3 Å². The number of pyridine rings is 2. The lowest BCUT2D eigenvalue weighted by atomic mass is 10.0. The second kappa shape index (κ2) is 14.5. The molecule has 6 rings (SSSR count). The first-order chi connectivity index (χ1) is 22.1. The fraction of sp³-hybridized carbons (Fsp3) is 0.333. The first-order valence-electron chi connectivity index (χ1n) is 14.4. The average molecular weight is 656 g/mol. The molecule has 16 heteroatoms. The quantitative estimate of drug-likeness (QED) is 0.130. The number of unbranched alkanes of at least 4 members (excludes halogenated alkanes) is 1. The van der Waals surface area contributed by atoms with Crippen molar-refractivity contribution in [1.82, 2.24) is 45.5 Å². The highest BCUT2D eigenvalue weighted by atomic mass is 35.5. The van der Waals surface area contributed by atoms with Crippen LogP contribution in [0.4, 0.5) is 13.2 Å². The SMILES string of the molecule is O=C(NCc1ccccn1)c1cn(CCCCc2cc3c(Cc4ccc(Cl)nc4)c(C4CC4)[nH]c3nn2)nn1.O=C(O)C(F)(F)F.